The number of nitrogens with zero attached hydrogens (tertiary/aromatic N) is 3. The highest BCUT2D eigenvalue weighted by atomic mass is 28.4. The fourth-order valence-electron chi connectivity index (χ4n) is 2.62. The zero-order valence-corrected chi connectivity index (χ0v) is 17.0. The van der Waals surface area contributed by atoms with Crippen molar-refractivity contribution in [1.29, 1.82) is 0 Å². The van der Waals surface area contributed by atoms with Crippen molar-refractivity contribution < 1.29 is 4.43 Å². The predicted octanol–water partition coefficient (Wildman–Crippen LogP) is 5.11. The van der Waals surface area contributed by atoms with E-state index in [9.17, 15) is 0 Å². The van der Waals surface area contributed by atoms with Gasteiger partial charge in [-0.3, -0.25) is 0 Å². The second-order valence-electron chi connectivity index (χ2n) is 7.29. The Balaban J connectivity index is 2.14. The van der Waals surface area contributed by atoms with Gasteiger partial charge < -0.3 is 8.99 Å². The Labute approximate surface area is 156 Å². The molecule has 3 rings (SSSR count). The molecule has 0 aliphatic rings. The lowest BCUT2D eigenvalue weighted by molar-refractivity contribution is 0.559. The second kappa shape index (κ2) is 7.29. The van der Waals surface area contributed by atoms with E-state index in [0.717, 1.165) is 34.2 Å². The smallest absolute Gasteiger partial charge is 0.242 e. The van der Waals surface area contributed by atoms with Gasteiger partial charge in [0.25, 0.3) is 0 Å². The molecule has 0 fully saturated rings. The van der Waals surface area contributed by atoms with Gasteiger partial charge in [-0.15, -0.1) is 0 Å². The molecular weight excluding hydrogens is 338 g/mol. The van der Waals surface area contributed by atoms with Crippen LogP contribution in [0.15, 0.2) is 65.8 Å². The molecule has 0 atom stereocenters. The Morgan fingerprint density at radius 1 is 1.00 bits per heavy atom. The lowest BCUT2D eigenvalue weighted by Gasteiger charge is -2.20. The average Bonchev–Trinajstić information content (AvgIpc) is 2.92. The van der Waals surface area contributed by atoms with Gasteiger partial charge in [0.05, 0.1) is 5.71 Å². The van der Waals surface area contributed by atoms with E-state index in [4.69, 9.17) is 9.42 Å². The normalized spacial score (nSPS) is 12.3. The van der Waals surface area contributed by atoms with Gasteiger partial charge in [0.15, 0.2) is 0 Å². The molecule has 0 aliphatic heterocycles. The number of aromatic nitrogens is 2. The van der Waals surface area contributed by atoms with E-state index in [1.807, 2.05) is 67.2 Å². The van der Waals surface area contributed by atoms with Gasteiger partial charge in [0.1, 0.15) is 23.0 Å². The summed E-state index contributed by atoms with van der Waals surface area (Å²) in [4.78, 5) is 9.66. The summed E-state index contributed by atoms with van der Waals surface area (Å²) >= 11 is 0. The molecule has 1 aromatic heterocycles. The van der Waals surface area contributed by atoms with E-state index in [0.29, 0.717) is 0 Å². The maximum Gasteiger partial charge on any atom is 0.242 e. The van der Waals surface area contributed by atoms with Crippen LogP contribution in [0.25, 0.3) is 0 Å². The molecule has 1 heterocycles. The van der Waals surface area contributed by atoms with Crippen molar-refractivity contribution >= 4 is 19.7 Å². The molecular formula is C21H25N3OSi. The van der Waals surface area contributed by atoms with E-state index >= 15 is 0 Å². The van der Waals surface area contributed by atoms with E-state index in [1.54, 1.807) is 0 Å². The molecule has 3 aromatic rings. The van der Waals surface area contributed by atoms with Crippen LogP contribution in [0.5, 0.6) is 5.75 Å². The summed E-state index contributed by atoms with van der Waals surface area (Å²) < 4.78 is 8.25. The molecule has 0 radical (unpaired) electrons. The monoisotopic (exact) mass is 363 g/mol. The zero-order valence-electron chi connectivity index (χ0n) is 16.0. The first-order valence-electron chi connectivity index (χ1n) is 8.76. The Bertz CT molecular complexity index is 904. The quantitative estimate of drug-likeness (QED) is 0.467. The van der Waals surface area contributed by atoms with Crippen LogP contribution in [-0.2, 0) is 7.05 Å². The van der Waals surface area contributed by atoms with E-state index < -0.39 is 8.32 Å². The van der Waals surface area contributed by atoms with Crippen LogP contribution >= 0.6 is 0 Å². The number of benzene rings is 2. The van der Waals surface area contributed by atoms with Gasteiger partial charge in [-0.2, -0.15) is 0 Å². The first kappa shape index (κ1) is 18.1. The Morgan fingerprint density at radius 2 is 1.65 bits per heavy atom. The van der Waals surface area contributed by atoms with Crippen LogP contribution in [0, 0.1) is 6.92 Å². The van der Waals surface area contributed by atoms with Gasteiger partial charge >= 0.3 is 0 Å². The number of imidazole rings is 1. The second-order valence-corrected chi connectivity index (χ2v) is 11.7. The summed E-state index contributed by atoms with van der Waals surface area (Å²) in [5.74, 6) is 1.78. The van der Waals surface area contributed by atoms with Crippen LogP contribution in [-0.4, -0.2) is 23.6 Å². The lowest BCUT2D eigenvalue weighted by Crippen LogP contribution is -2.29. The highest BCUT2D eigenvalue weighted by Gasteiger charge is 2.19. The summed E-state index contributed by atoms with van der Waals surface area (Å²) in [5, 5.41) is 0. The molecule has 0 aliphatic carbocycles. The summed E-state index contributed by atoms with van der Waals surface area (Å²) in [6.45, 7) is 8.52. The van der Waals surface area contributed by atoms with E-state index in [2.05, 4.69) is 36.8 Å². The van der Waals surface area contributed by atoms with Crippen molar-refractivity contribution in [3.05, 3.63) is 77.9 Å². The minimum atomic E-state index is -1.73. The maximum atomic E-state index is 6.24. The molecule has 0 spiro atoms. The first-order chi connectivity index (χ1) is 12.3. The van der Waals surface area contributed by atoms with Crippen molar-refractivity contribution in [3.63, 3.8) is 0 Å². The predicted molar refractivity (Wildman–Crippen MR) is 110 cm³/mol. The van der Waals surface area contributed by atoms with Crippen molar-refractivity contribution in [1.82, 2.24) is 9.55 Å². The maximum absolute atomic E-state index is 6.24. The standard InChI is InChI=1S/C21H25N3OSi/c1-16-22-19(15-24(16)2)21(17-11-7-6-8-12-17)23-18-13-9-10-14-20(18)25-26(3,4)5/h6-15H,1-5H3. The number of aryl methyl sites for hydroxylation is 2. The molecule has 26 heavy (non-hydrogen) atoms. The first-order valence-corrected chi connectivity index (χ1v) is 12.2. The molecule has 0 amide bonds. The SMILES string of the molecule is Cc1nc(C(=Nc2ccccc2O[Si](C)(C)C)c2ccccc2)cn1C. The van der Waals surface area contributed by atoms with Gasteiger partial charge in [-0.05, 0) is 38.7 Å². The number of aliphatic imine (C=N–C) groups is 1. The largest absolute Gasteiger partial charge is 0.543 e. The van der Waals surface area contributed by atoms with Crippen LogP contribution in [0.1, 0.15) is 17.1 Å². The van der Waals surface area contributed by atoms with Crippen LogP contribution in [0.4, 0.5) is 5.69 Å². The summed E-state index contributed by atoms with van der Waals surface area (Å²) in [7, 11) is 0.264. The molecule has 2 aromatic carbocycles. The summed E-state index contributed by atoms with van der Waals surface area (Å²) in [6, 6.07) is 18.1. The van der Waals surface area contributed by atoms with Gasteiger partial charge in [-0.25, -0.2) is 9.98 Å². The summed E-state index contributed by atoms with van der Waals surface area (Å²) in [5.41, 5.74) is 3.57. The zero-order chi connectivity index (χ0) is 18.7. The van der Waals surface area contributed by atoms with E-state index in [-0.39, 0.29) is 0 Å². The minimum Gasteiger partial charge on any atom is -0.543 e. The minimum absolute atomic E-state index is 0.827. The fourth-order valence-corrected chi connectivity index (χ4v) is 3.46. The topological polar surface area (TPSA) is 39.4 Å². The molecule has 0 saturated heterocycles. The average molecular weight is 364 g/mol. The molecule has 4 nitrogen and oxygen atoms in total. The number of hydrogen-bond donors (Lipinski definition) is 0. The van der Waals surface area contributed by atoms with E-state index in [1.165, 1.54) is 0 Å². The molecule has 0 bridgehead atoms. The Morgan fingerprint density at radius 3 is 2.27 bits per heavy atom. The number of hydrogen-bond acceptors (Lipinski definition) is 3. The third kappa shape index (κ3) is 4.29. The van der Waals surface area contributed by atoms with Crippen LogP contribution in [0.2, 0.25) is 19.6 Å². The highest BCUT2D eigenvalue weighted by molar-refractivity contribution is 6.70. The Kier molecular flexibility index (Phi) is 5.09. The number of rotatable bonds is 5. The third-order valence-electron chi connectivity index (χ3n) is 3.91. The van der Waals surface area contributed by atoms with Crippen molar-refractivity contribution in [3.8, 4) is 5.75 Å². The van der Waals surface area contributed by atoms with Gasteiger partial charge in [-0.1, -0.05) is 42.5 Å². The van der Waals surface area contributed by atoms with Crippen LogP contribution < -0.4 is 4.43 Å². The Hall–Kier alpha value is -2.66. The fraction of sp³-hybridized carbons (Fsp3) is 0.238. The van der Waals surface area contributed by atoms with Crippen molar-refractivity contribution in [2.24, 2.45) is 12.0 Å². The molecule has 134 valence electrons. The summed E-state index contributed by atoms with van der Waals surface area (Å²) in [6.07, 6.45) is 2.02. The van der Waals surface area contributed by atoms with Gasteiger partial charge in [0, 0.05) is 18.8 Å². The van der Waals surface area contributed by atoms with Crippen molar-refractivity contribution in [2.45, 2.75) is 26.6 Å². The molecule has 5 heteroatoms. The highest BCUT2D eigenvalue weighted by Crippen LogP contribution is 2.30. The van der Waals surface area contributed by atoms with Crippen molar-refractivity contribution in [2.75, 3.05) is 0 Å². The molecule has 0 saturated carbocycles. The van der Waals surface area contributed by atoms with Crippen LogP contribution in [0.3, 0.4) is 0 Å². The lowest BCUT2D eigenvalue weighted by atomic mass is 10.1. The third-order valence-corrected chi connectivity index (χ3v) is 4.74. The number of para-hydroxylation sites is 2. The van der Waals surface area contributed by atoms with Gasteiger partial charge in [0.2, 0.25) is 8.32 Å². The molecule has 0 unspecified atom stereocenters. The molecule has 0 N–H and O–H groups in total.